The summed E-state index contributed by atoms with van der Waals surface area (Å²) in [5, 5.41) is 0. The Morgan fingerprint density at radius 1 is 1.27 bits per heavy atom. The number of hydrogen-bond donors (Lipinski definition) is 0. The van der Waals surface area contributed by atoms with E-state index >= 15 is 0 Å². The largest absolute Gasteiger partial charge is 0.453 e. The molecule has 0 N–H and O–H groups in total. The second-order valence-electron chi connectivity index (χ2n) is 5.45. The highest BCUT2D eigenvalue weighted by Crippen LogP contribution is 2.34. The topological polar surface area (TPSA) is 29.5 Å². The summed E-state index contributed by atoms with van der Waals surface area (Å²) in [6, 6.07) is 0. The van der Waals surface area contributed by atoms with Crippen molar-refractivity contribution >= 4 is 6.09 Å². The SMILES string of the molecule is COC(=O)N1CCCC(C(C)(C)C)CC1. The van der Waals surface area contributed by atoms with Crippen molar-refractivity contribution < 1.29 is 9.53 Å². The van der Waals surface area contributed by atoms with Crippen LogP contribution in [0.2, 0.25) is 0 Å². The lowest BCUT2D eigenvalue weighted by atomic mass is 9.77. The number of likely N-dealkylation sites (tertiary alicyclic amines) is 1. The first-order valence-corrected chi connectivity index (χ1v) is 5.78. The maximum absolute atomic E-state index is 11.4. The van der Waals surface area contributed by atoms with Crippen molar-refractivity contribution in [2.75, 3.05) is 20.2 Å². The summed E-state index contributed by atoms with van der Waals surface area (Å²) >= 11 is 0. The maximum Gasteiger partial charge on any atom is 0.409 e. The first-order valence-electron chi connectivity index (χ1n) is 5.78. The van der Waals surface area contributed by atoms with E-state index in [9.17, 15) is 4.79 Å². The van der Waals surface area contributed by atoms with Crippen molar-refractivity contribution in [3.05, 3.63) is 0 Å². The van der Waals surface area contributed by atoms with Crippen molar-refractivity contribution in [1.82, 2.24) is 4.90 Å². The van der Waals surface area contributed by atoms with Gasteiger partial charge in [-0.05, 0) is 30.6 Å². The monoisotopic (exact) mass is 213 g/mol. The molecule has 15 heavy (non-hydrogen) atoms. The predicted molar refractivity (Wildman–Crippen MR) is 60.8 cm³/mol. The van der Waals surface area contributed by atoms with Gasteiger partial charge in [0.05, 0.1) is 7.11 Å². The molecule has 0 saturated carbocycles. The summed E-state index contributed by atoms with van der Waals surface area (Å²) in [5.41, 5.74) is 0.353. The predicted octanol–water partition coefficient (Wildman–Crippen LogP) is 2.90. The van der Waals surface area contributed by atoms with Crippen LogP contribution in [0.1, 0.15) is 40.0 Å². The Morgan fingerprint density at radius 2 is 1.93 bits per heavy atom. The highest BCUT2D eigenvalue weighted by Gasteiger charge is 2.28. The quantitative estimate of drug-likeness (QED) is 0.619. The fourth-order valence-corrected chi connectivity index (χ4v) is 2.27. The van der Waals surface area contributed by atoms with Crippen LogP contribution in [0.15, 0.2) is 0 Å². The number of nitrogens with zero attached hydrogens (tertiary/aromatic N) is 1. The summed E-state index contributed by atoms with van der Waals surface area (Å²) < 4.78 is 4.75. The number of rotatable bonds is 0. The summed E-state index contributed by atoms with van der Waals surface area (Å²) in [6.45, 7) is 8.54. The number of carbonyl (C=O) groups excluding carboxylic acids is 1. The lowest BCUT2D eigenvalue weighted by Crippen LogP contribution is -2.32. The molecule has 3 nitrogen and oxygen atoms in total. The minimum absolute atomic E-state index is 0.176. The number of methoxy groups -OCH3 is 1. The zero-order valence-electron chi connectivity index (χ0n) is 10.4. The third-order valence-electron chi connectivity index (χ3n) is 3.39. The van der Waals surface area contributed by atoms with Gasteiger partial charge in [-0.2, -0.15) is 0 Å². The molecule has 1 fully saturated rings. The highest BCUT2D eigenvalue weighted by atomic mass is 16.5. The molecule has 1 saturated heterocycles. The Balaban J connectivity index is 2.52. The molecule has 88 valence electrons. The minimum atomic E-state index is -0.176. The van der Waals surface area contributed by atoms with Gasteiger partial charge >= 0.3 is 6.09 Å². The van der Waals surface area contributed by atoms with Gasteiger partial charge in [-0.1, -0.05) is 20.8 Å². The van der Waals surface area contributed by atoms with E-state index in [0.29, 0.717) is 11.3 Å². The van der Waals surface area contributed by atoms with Crippen LogP contribution >= 0.6 is 0 Å². The summed E-state index contributed by atoms with van der Waals surface area (Å²) in [5.74, 6) is 0.715. The summed E-state index contributed by atoms with van der Waals surface area (Å²) in [4.78, 5) is 13.2. The Labute approximate surface area is 92.8 Å². The van der Waals surface area contributed by atoms with E-state index in [1.165, 1.54) is 13.5 Å². The molecular formula is C12H23NO2. The Morgan fingerprint density at radius 3 is 2.47 bits per heavy atom. The van der Waals surface area contributed by atoms with Crippen molar-refractivity contribution in [1.29, 1.82) is 0 Å². The zero-order valence-corrected chi connectivity index (χ0v) is 10.4. The summed E-state index contributed by atoms with van der Waals surface area (Å²) in [7, 11) is 1.45. The van der Waals surface area contributed by atoms with Crippen molar-refractivity contribution in [2.24, 2.45) is 11.3 Å². The fourth-order valence-electron chi connectivity index (χ4n) is 2.27. The van der Waals surface area contributed by atoms with Crippen molar-refractivity contribution in [3.8, 4) is 0 Å². The van der Waals surface area contributed by atoms with E-state index in [4.69, 9.17) is 4.74 Å². The van der Waals surface area contributed by atoms with Gasteiger partial charge in [0.2, 0.25) is 0 Å². The van der Waals surface area contributed by atoms with Gasteiger partial charge in [-0.3, -0.25) is 0 Å². The second-order valence-corrected chi connectivity index (χ2v) is 5.45. The Bertz CT molecular complexity index is 220. The van der Waals surface area contributed by atoms with Crippen LogP contribution in [0, 0.1) is 11.3 Å². The van der Waals surface area contributed by atoms with Crippen LogP contribution in [0.4, 0.5) is 4.79 Å². The lowest BCUT2D eigenvalue weighted by Gasteiger charge is -2.29. The van der Waals surface area contributed by atoms with Crippen molar-refractivity contribution in [2.45, 2.75) is 40.0 Å². The number of ether oxygens (including phenoxy) is 1. The smallest absolute Gasteiger partial charge is 0.409 e. The molecule has 3 heteroatoms. The average Bonchev–Trinajstić information content (AvgIpc) is 2.40. The van der Waals surface area contributed by atoms with E-state index in [-0.39, 0.29) is 6.09 Å². The van der Waals surface area contributed by atoms with E-state index in [0.717, 1.165) is 25.9 Å². The standard InChI is InChI=1S/C12H23NO2/c1-12(2,3)10-6-5-8-13(9-7-10)11(14)15-4/h10H,5-9H2,1-4H3. The molecule has 0 radical (unpaired) electrons. The van der Waals surface area contributed by atoms with E-state index in [1.54, 1.807) is 0 Å². The van der Waals surface area contributed by atoms with Crippen molar-refractivity contribution in [3.63, 3.8) is 0 Å². The maximum atomic E-state index is 11.4. The van der Waals surface area contributed by atoms with Crippen LogP contribution in [0.5, 0.6) is 0 Å². The second kappa shape index (κ2) is 4.86. The molecule has 1 amide bonds. The molecule has 1 aliphatic heterocycles. The number of carbonyl (C=O) groups is 1. The van der Waals surface area contributed by atoms with Crippen LogP contribution in [-0.2, 0) is 4.74 Å². The van der Waals surface area contributed by atoms with Crippen LogP contribution < -0.4 is 0 Å². The molecule has 1 atom stereocenters. The summed E-state index contributed by atoms with van der Waals surface area (Å²) in [6.07, 6.45) is 3.23. The number of hydrogen-bond acceptors (Lipinski definition) is 2. The van der Waals surface area contributed by atoms with Crippen LogP contribution in [0.25, 0.3) is 0 Å². The number of amides is 1. The van der Waals surface area contributed by atoms with Gasteiger partial charge in [-0.25, -0.2) is 4.79 Å². The third-order valence-corrected chi connectivity index (χ3v) is 3.39. The van der Waals surface area contributed by atoms with E-state index in [2.05, 4.69) is 20.8 Å². The van der Waals surface area contributed by atoms with Gasteiger partial charge < -0.3 is 9.64 Å². The lowest BCUT2D eigenvalue weighted by molar-refractivity contribution is 0.123. The molecule has 0 aromatic rings. The molecule has 1 rings (SSSR count). The first kappa shape index (κ1) is 12.3. The first-order chi connectivity index (χ1) is 6.95. The normalized spacial score (nSPS) is 23.5. The minimum Gasteiger partial charge on any atom is -0.453 e. The zero-order chi connectivity index (χ0) is 11.5. The molecule has 0 bridgehead atoms. The van der Waals surface area contributed by atoms with E-state index in [1.807, 2.05) is 4.90 Å². The molecule has 1 unspecified atom stereocenters. The van der Waals surface area contributed by atoms with Crippen LogP contribution in [-0.4, -0.2) is 31.2 Å². The third kappa shape index (κ3) is 3.40. The average molecular weight is 213 g/mol. The molecule has 0 spiro atoms. The van der Waals surface area contributed by atoms with Gasteiger partial charge in [0, 0.05) is 13.1 Å². The molecule has 0 aliphatic carbocycles. The molecule has 1 heterocycles. The van der Waals surface area contributed by atoms with Gasteiger partial charge in [0.25, 0.3) is 0 Å². The molecule has 1 aliphatic rings. The van der Waals surface area contributed by atoms with Crippen LogP contribution in [0.3, 0.4) is 0 Å². The van der Waals surface area contributed by atoms with Gasteiger partial charge in [-0.15, -0.1) is 0 Å². The highest BCUT2D eigenvalue weighted by molar-refractivity contribution is 5.67. The molecule has 0 aromatic carbocycles. The molecular weight excluding hydrogens is 190 g/mol. The van der Waals surface area contributed by atoms with Gasteiger partial charge in [0.15, 0.2) is 0 Å². The van der Waals surface area contributed by atoms with Gasteiger partial charge in [0.1, 0.15) is 0 Å². The van der Waals surface area contributed by atoms with E-state index < -0.39 is 0 Å². The Kier molecular flexibility index (Phi) is 4.00. The molecule has 0 aromatic heterocycles. The fraction of sp³-hybridized carbons (Fsp3) is 0.917. The Hall–Kier alpha value is -0.730.